The average Bonchev–Trinajstić information content (AvgIpc) is 2.30. The summed E-state index contributed by atoms with van der Waals surface area (Å²) in [6.45, 7) is 3.83. The Bertz CT molecular complexity index is 199. The number of hydrogen-bond acceptors (Lipinski definition) is 6. The molecule has 0 bridgehead atoms. The summed E-state index contributed by atoms with van der Waals surface area (Å²) in [6, 6.07) is 0. The van der Waals surface area contributed by atoms with Crippen LogP contribution in [0.3, 0.4) is 0 Å². The summed E-state index contributed by atoms with van der Waals surface area (Å²) in [6.07, 6.45) is -4.53. The first-order chi connectivity index (χ1) is 7.46. The van der Waals surface area contributed by atoms with Gasteiger partial charge in [-0.1, -0.05) is 0 Å². The largest absolute Gasteiger partial charge is 0.479 e. The van der Waals surface area contributed by atoms with E-state index in [1.54, 1.807) is 0 Å². The molecule has 0 aliphatic carbocycles. The smallest absolute Gasteiger partial charge is 0.335 e. The van der Waals surface area contributed by atoms with Crippen molar-refractivity contribution in [1.29, 1.82) is 0 Å². The maximum atomic E-state index is 9.77. The number of carboxylic acids is 2. The third kappa shape index (κ3) is 6.30. The van der Waals surface area contributed by atoms with Crippen LogP contribution in [0.2, 0.25) is 0 Å². The van der Waals surface area contributed by atoms with Crippen molar-refractivity contribution in [3.05, 3.63) is 0 Å². The lowest BCUT2D eigenvalue weighted by Crippen LogP contribution is -2.39. The van der Waals surface area contributed by atoms with Gasteiger partial charge < -0.3 is 30.5 Å². The van der Waals surface area contributed by atoms with E-state index in [1.165, 1.54) is 0 Å². The molecule has 8 nitrogen and oxygen atoms in total. The van der Waals surface area contributed by atoms with Gasteiger partial charge in [-0.3, -0.25) is 0 Å². The summed E-state index contributed by atoms with van der Waals surface area (Å²) < 4.78 is 5.01. The lowest BCUT2D eigenvalue weighted by atomic mass is 10.2. The van der Waals surface area contributed by atoms with Crippen molar-refractivity contribution in [3.8, 4) is 0 Å². The summed E-state index contributed by atoms with van der Waals surface area (Å²) in [7, 11) is 0. The zero-order chi connectivity index (χ0) is 12.6. The minimum atomic E-state index is -2.27. The average molecular weight is 237 g/mol. The number of hydrogen-bond donors (Lipinski definition) is 5. The molecule has 1 saturated heterocycles. The Morgan fingerprint density at radius 3 is 1.50 bits per heavy atom. The number of ether oxygens (including phenoxy) is 1. The quantitative estimate of drug-likeness (QED) is 0.363. The molecule has 1 heterocycles. The molecule has 0 aromatic heterocycles. The highest BCUT2D eigenvalue weighted by atomic mass is 16.5. The van der Waals surface area contributed by atoms with Crippen molar-refractivity contribution < 1.29 is 34.8 Å². The van der Waals surface area contributed by atoms with E-state index in [9.17, 15) is 9.59 Å². The zero-order valence-corrected chi connectivity index (χ0v) is 8.50. The monoisotopic (exact) mass is 237 g/mol. The van der Waals surface area contributed by atoms with Crippen molar-refractivity contribution in [1.82, 2.24) is 5.32 Å². The molecule has 0 radical (unpaired) electrons. The number of aliphatic hydroxyl groups is 2. The van der Waals surface area contributed by atoms with Crippen molar-refractivity contribution in [2.45, 2.75) is 12.2 Å². The van der Waals surface area contributed by atoms with Gasteiger partial charge in [-0.05, 0) is 0 Å². The molecular weight excluding hydrogens is 222 g/mol. The second kappa shape index (κ2) is 7.99. The van der Waals surface area contributed by atoms with E-state index in [1.807, 2.05) is 0 Å². The van der Waals surface area contributed by atoms with E-state index in [2.05, 4.69) is 5.32 Å². The fourth-order valence-corrected chi connectivity index (χ4v) is 0.786. The highest BCUT2D eigenvalue weighted by molar-refractivity contribution is 5.83. The second-order valence-corrected chi connectivity index (χ2v) is 2.93. The number of nitrogens with one attached hydrogen (secondary N) is 1. The number of rotatable bonds is 3. The Labute approximate surface area is 91.5 Å². The minimum Gasteiger partial charge on any atom is -0.479 e. The molecule has 0 amide bonds. The minimum absolute atomic E-state index is 0.889. The third-order valence-corrected chi connectivity index (χ3v) is 1.65. The van der Waals surface area contributed by atoms with Crippen LogP contribution in [0.15, 0.2) is 0 Å². The van der Waals surface area contributed by atoms with Gasteiger partial charge in [-0.2, -0.15) is 0 Å². The van der Waals surface area contributed by atoms with E-state index in [-0.39, 0.29) is 0 Å². The van der Waals surface area contributed by atoms with Crippen LogP contribution in [-0.2, 0) is 14.3 Å². The summed E-state index contributed by atoms with van der Waals surface area (Å²) >= 11 is 0. The van der Waals surface area contributed by atoms with Gasteiger partial charge in [-0.15, -0.1) is 0 Å². The van der Waals surface area contributed by atoms with Crippen LogP contribution < -0.4 is 5.32 Å². The number of morpholine rings is 1. The SMILES string of the molecule is C1COCCN1.O=C(O)C(O)C(O)C(=O)O. The molecule has 0 saturated carbocycles. The molecule has 16 heavy (non-hydrogen) atoms. The van der Waals surface area contributed by atoms with Crippen molar-refractivity contribution in [2.75, 3.05) is 26.3 Å². The van der Waals surface area contributed by atoms with Crippen LogP contribution >= 0.6 is 0 Å². The van der Waals surface area contributed by atoms with Gasteiger partial charge >= 0.3 is 11.9 Å². The molecule has 0 aromatic rings. The summed E-state index contributed by atoms with van der Waals surface area (Å²) in [5.74, 6) is -3.54. The predicted octanol–water partition coefficient (Wildman–Crippen LogP) is -2.52. The van der Waals surface area contributed by atoms with Crippen LogP contribution in [0.1, 0.15) is 0 Å². The second-order valence-electron chi connectivity index (χ2n) is 2.93. The Morgan fingerprint density at radius 1 is 1.00 bits per heavy atom. The van der Waals surface area contributed by atoms with E-state index >= 15 is 0 Å². The highest BCUT2D eigenvalue weighted by Crippen LogP contribution is 1.92. The molecular formula is C8H15NO7. The van der Waals surface area contributed by atoms with Crippen LogP contribution in [0.4, 0.5) is 0 Å². The van der Waals surface area contributed by atoms with Gasteiger partial charge in [0, 0.05) is 13.1 Å². The molecule has 1 aliphatic heterocycles. The lowest BCUT2D eigenvalue weighted by Gasteiger charge is -2.10. The molecule has 0 spiro atoms. The van der Waals surface area contributed by atoms with Crippen molar-refractivity contribution in [3.63, 3.8) is 0 Å². The van der Waals surface area contributed by atoms with Crippen molar-refractivity contribution in [2.24, 2.45) is 0 Å². The molecule has 2 atom stereocenters. The maximum absolute atomic E-state index is 9.77. The third-order valence-electron chi connectivity index (χ3n) is 1.65. The fraction of sp³-hybridized carbons (Fsp3) is 0.750. The molecule has 1 fully saturated rings. The number of aliphatic hydroxyl groups excluding tert-OH is 2. The molecule has 0 aromatic carbocycles. The standard InChI is InChI=1S/C4H9NO.C4H6O6/c1-3-6-4-2-5-1;5-1(3(7)8)2(6)4(9)10/h5H,1-4H2;1-2,5-6H,(H,7,8)(H,9,10). The van der Waals surface area contributed by atoms with Gasteiger partial charge in [0.1, 0.15) is 0 Å². The summed E-state index contributed by atoms with van der Waals surface area (Å²) in [5.41, 5.74) is 0. The first kappa shape index (κ1) is 14.8. The van der Waals surface area contributed by atoms with Crippen LogP contribution in [0.5, 0.6) is 0 Å². The first-order valence-electron chi connectivity index (χ1n) is 4.57. The Morgan fingerprint density at radius 2 is 1.38 bits per heavy atom. The molecule has 1 aliphatic rings. The molecule has 2 unspecified atom stereocenters. The van der Waals surface area contributed by atoms with Gasteiger partial charge in [0.2, 0.25) is 0 Å². The topological polar surface area (TPSA) is 136 Å². The number of aliphatic carboxylic acids is 2. The predicted molar refractivity (Wildman–Crippen MR) is 51.0 cm³/mol. The Balaban J connectivity index is 0.000000315. The van der Waals surface area contributed by atoms with E-state index < -0.39 is 24.1 Å². The van der Waals surface area contributed by atoms with Crippen LogP contribution in [0.25, 0.3) is 0 Å². The maximum Gasteiger partial charge on any atom is 0.335 e. The molecule has 1 rings (SSSR count). The zero-order valence-electron chi connectivity index (χ0n) is 8.50. The van der Waals surface area contributed by atoms with Crippen LogP contribution in [0, 0.1) is 0 Å². The van der Waals surface area contributed by atoms with Gasteiger partial charge in [0.05, 0.1) is 13.2 Å². The van der Waals surface area contributed by atoms with E-state index in [0.717, 1.165) is 26.3 Å². The highest BCUT2D eigenvalue weighted by Gasteiger charge is 2.29. The Kier molecular flexibility index (Phi) is 7.38. The first-order valence-corrected chi connectivity index (χ1v) is 4.57. The van der Waals surface area contributed by atoms with Crippen LogP contribution in [-0.4, -0.2) is 70.9 Å². The summed E-state index contributed by atoms with van der Waals surface area (Å²) in [4.78, 5) is 19.5. The molecule has 94 valence electrons. The fourth-order valence-electron chi connectivity index (χ4n) is 0.786. The molecule has 5 N–H and O–H groups in total. The molecule has 8 heteroatoms. The van der Waals surface area contributed by atoms with E-state index in [0.29, 0.717) is 0 Å². The van der Waals surface area contributed by atoms with Gasteiger partial charge in [0.25, 0.3) is 0 Å². The normalized spacial score (nSPS) is 18.9. The summed E-state index contributed by atoms with van der Waals surface area (Å²) in [5, 5.41) is 35.7. The van der Waals surface area contributed by atoms with Crippen molar-refractivity contribution >= 4 is 11.9 Å². The lowest BCUT2D eigenvalue weighted by molar-refractivity contribution is -0.165. The van der Waals surface area contributed by atoms with Gasteiger partial charge in [-0.25, -0.2) is 9.59 Å². The number of carboxylic acid groups (broad SMARTS) is 2. The van der Waals surface area contributed by atoms with Gasteiger partial charge in [0.15, 0.2) is 12.2 Å². The Hall–Kier alpha value is -1.22. The number of carbonyl (C=O) groups is 2. The van der Waals surface area contributed by atoms with E-state index in [4.69, 9.17) is 25.2 Å².